The molecule has 2 N–H and O–H groups in total. The molecule has 2 atom stereocenters. The maximum atomic E-state index is 11.6. The summed E-state index contributed by atoms with van der Waals surface area (Å²) in [7, 11) is -1.93. The Bertz CT molecular complexity index is 486. The van der Waals surface area contributed by atoms with Crippen molar-refractivity contribution >= 4 is 21.8 Å². The first-order valence-corrected chi connectivity index (χ1v) is 9.07. The van der Waals surface area contributed by atoms with E-state index in [9.17, 15) is 8.42 Å². The summed E-state index contributed by atoms with van der Waals surface area (Å²) in [5.41, 5.74) is 1.09. The molecule has 0 amide bonds. The largest absolute Gasteiger partial charge is 0.307 e. The van der Waals surface area contributed by atoms with Crippen LogP contribution in [0.2, 0.25) is 0 Å². The smallest absolute Gasteiger partial charge is 0.240 e. The van der Waals surface area contributed by atoms with Crippen LogP contribution >= 0.6 is 11.8 Å². The van der Waals surface area contributed by atoms with E-state index >= 15 is 0 Å². The molecular weight excluding hydrogens is 280 g/mol. The number of hydrogen-bond donors (Lipinski definition) is 2. The number of nitrogens with one attached hydrogen (secondary N) is 2. The Kier molecular flexibility index (Phi) is 6.32. The molecule has 0 aliphatic carbocycles. The van der Waals surface area contributed by atoms with Gasteiger partial charge >= 0.3 is 0 Å². The van der Waals surface area contributed by atoms with Crippen LogP contribution in [0.25, 0.3) is 0 Å². The van der Waals surface area contributed by atoms with Gasteiger partial charge in [0.25, 0.3) is 0 Å². The minimum Gasteiger partial charge on any atom is -0.307 e. The molecule has 0 aromatic heterocycles. The van der Waals surface area contributed by atoms with E-state index in [1.165, 1.54) is 7.05 Å². The highest BCUT2D eigenvalue weighted by atomic mass is 32.2. The summed E-state index contributed by atoms with van der Waals surface area (Å²) in [6, 6.07) is 7.61. The van der Waals surface area contributed by atoms with Gasteiger partial charge in [0.05, 0.1) is 4.90 Å². The molecule has 0 radical (unpaired) electrons. The molecular formula is C13H22N2O2S2. The molecule has 1 aromatic carbocycles. The highest BCUT2D eigenvalue weighted by Crippen LogP contribution is 2.17. The maximum absolute atomic E-state index is 11.6. The average Bonchev–Trinajstić information content (AvgIpc) is 2.39. The predicted octanol–water partition coefficient (Wildman–Crippen LogP) is 2.00. The molecule has 0 spiro atoms. The summed E-state index contributed by atoms with van der Waals surface area (Å²) in [6.07, 6.45) is 2.08. The van der Waals surface area contributed by atoms with Gasteiger partial charge in [0, 0.05) is 17.8 Å². The molecule has 1 aromatic rings. The number of hydrogen-bond acceptors (Lipinski definition) is 4. The number of thioether (sulfide) groups is 1. The number of sulfonamides is 1. The van der Waals surface area contributed by atoms with Crippen LogP contribution in [0, 0.1) is 0 Å². The first-order valence-electron chi connectivity index (χ1n) is 6.19. The lowest BCUT2D eigenvalue weighted by molar-refractivity contribution is 0.511. The maximum Gasteiger partial charge on any atom is 0.240 e. The Morgan fingerprint density at radius 2 is 1.79 bits per heavy atom. The van der Waals surface area contributed by atoms with Crippen molar-refractivity contribution in [2.45, 2.75) is 30.8 Å². The first-order chi connectivity index (χ1) is 8.90. The van der Waals surface area contributed by atoms with Crippen molar-refractivity contribution in [1.82, 2.24) is 10.0 Å². The third-order valence-electron chi connectivity index (χ3n) is 2.91. The molecule has 0 fully saturated rings. The second-order valence-corrected chi connectivity index (χ2v) is 7.32. The van der Waals surface area contributed by atoms with E-state index in [1.807, 2.05) is 12.1 Å². The van der Waals surface area contributed by atoms with Gasteiger partial charge in [0.1, 0.15) is 0 Å². The Balaban J connectivity index is 2.76. The quantitative estimate of drug-likeness (QED) is 0.809. The fourth-order valence-electron chi connectivity index (χ4n) is 1.87. The minimum atomic E-state index is -3.35. The second-order valence-electron chi connectivity index (χ2n) is 4.52. The third-order valence-corrected chi connectivity index (χ3v) is 5.17. The standard InChI is InChI=1S/C13H22N2O2S2/c1-10(9-18-4)15-11(2)12-5-7-13(8-6-12)19(16,17)14-3/h5-8,10-11,14-15H,9H2,1-4H3/t10-,11+/m0/s1. The summed E-state index contributed by atoms with van der Waals surface area (Å²) < 4.78 is 25.5. The molecule has 0 heterocycles. The van der Waals surface area contributed by atoms with E-state index in [2.05, 4.69) is 30.1 Å². The highest BCUT2D eigenvalue weighted by Gasteiger charge is 2.13. The topological polar surface area (TPSA) is 58.2 Å². The van der Waals surface area contributed by atoms with Crippen molar-refractivity contribution in [1.29, 1.82) is 0 Å². The predicted molar refractivity (Wildman–Crippen MR) is 82.1 cm³/mol. The van der Waals surface area contributed by atoms with Crippen molar-refractivity contribution in [3.63, 3.8) is 0 Å². The van der Waals surface area contributed by atoms with Gasteiger partial charge in [-0.25, -0.2) is 13.1 Å². The van der Waals surface area contributed by atoms with Crippen LogP contribution in [0.4, 0.5) is 0 Å². The van der Waals surface area contributed by atoms with E-state index in [-0.39, 0.29) is 6.04 Å². The van der Waals surface area contributed by atoms with Crippen LogP contribution in [-0.4, -0.2) is 33.5 Å². The van der Waals surface area contributed by atoms with Crippen molar-refractivity contribution in [2.75, 3.05) is 19.1 Å². The Hall–Kier alpha value is -0.560. The van der Waals surface area contributed by atoms with Gasteiger partial charge in [-0.1, -0.05) is 12.1 Å². The Labute approximate surface area is 120 Å². The number of rotatable bonds is 7. The van der Waals surface area contributed by atoms with E-state index in [1.54, 1.807) is 23.9 Å². The second kappa shape index (κ2) is 7.28. The molecule has 0 bridgehead atoms. The SMILES string of the molecule is CNS(=O)(=O)c1ccc([C@@H](C)N[C@@H](C)CSC)cc1. The molecule has 0 unspecified atom stereocenters. The van der Waals surface area contributed by atoms with Crippen LogP contribution in [0.15, 0.2) is 29.2 Å². The molecule has 0 saturated carbocycles. The molecule has 0 aliphatic heterocycles. The number of benzene rings is 1. The van der Waals surface area contributed by atoms with Crippen molar-refractivity contribution < 1.29 is 8.42 Å². The zero-order valence-electron chi connectivity index (χ0n) is 11.8. The summed E-state index contributed by atoms with van der Waals surface area (Å²) in [6.45, 7) is 4.23. The van der Waals surface area contributed by atoms with Crippen LogP contribution < -0.4 is 10.0 Å². The van der Waals surface area contributed by atoms with Crippen molar-refractivity contribution in [3.05, 3.63) is 29.8 Å². The van der Waals surface area contributed by atoms with E-state index in [0.717, 1.165) is 11.3 Å². The molecule has 0 aliphatic rings. The average molecular weight is 302 g/mol. The van der Waals surface area contributed by atoms with Crippen molar-refractivity contribution in [2.24, 2.45) is 0 Å². The van der Waals surface area contributed by atoms with Crippen LogP contribution in [0.3, 0.4) is 0 Å². The van der Waals surface area contributed by atoms with Crippen LogP contribution in [-0.2, 0) is 10.0 Å². The fourth-order valence-corrected chi connectivity index (χ4v) is 3.20. The van der Waals surface area contributed by atoms with Gasteiger partial charge in [-0.15, -0.1) is 0 Å². The lowest BCUT2D eigenvalue weighted by Crippen LogP contribution is -2.30. The van der Waals surface area contributed by atoms with Gasteiger partial charge in [0.2, 0.25) is 10.0 Å². The molecule has 6 heteroatoms. The molecule has 108 valence electrons. The highest BCUT2D eigenvalue weighted by molar-refractivity contribution is 7.98. The van der Waals surface area contributed by atoms with Gasteiger partial charge in [-0.2, -0.15) is 11.8 Å². The van der Waals surface area contributed by atoms with E-state index in [4.69, 9.17) is 0 Å². The Morgan fingerprint density at radius 3 is 2.26 bits per heavy atom. The lowest BCUT2D eigenvalue weighted by atomic mass is 10.1. The summed E-state index contributed by atoms with van der Waals surface area (Å²) in [4.78, 5) is 0.295. The normalized spacial score (nSPS) is 15.2. The monoisotopic (exact) mass is 302 g/mol. The van der Waals surface area contributed by atoms with E-state index < -0.39 is 10.0 Å². The Morgan fingerprint density at radius 1 is 1.21 bits per heavy atom. The van der Waals surface area contributed by atoms with E-state index in [0.29, 0.717) is 10.9 Å². The third kappa shape index (κ3) is 4.80. The van der Waals surface area contributed by atoms with Crippen molar-refractivity contribution in [3.8, 4) is 0 Å². The minimum absolute atomic E-state index is 0.202. The molecule has 4 nitrogen and oxygen atoms in total. The van der Waals surface area contributed by atoms with Gasteiger partial charge in [-0.3, -0.25) is 0 Å². The van der Waals surface area contributed by atoms with Gasteiger partial charge < -0.3 is 5.32 Å². The lowest BCUT2D eigenvalue weighted by Gasteiger charge is -2.20. The first kappa shape index (κ1) is 16.5. The molecule has 19 heavy (non-hydrogen) atoms. The van der Waals surface area contributed by atoms with Crippen LogP contribution in [0.1, 0.15) is 25.5 Å². The summed E-state index contributed by atoms with van der Waals surface area (Å²) >= 11 is 1.81. The van der Waals surface area contributed by atoms with Gasteiger partial charge in [0.15, 0.2) is 0 Å². The molecule has 1 rings (SSSR count). The zero-order chi connectivity index (χ0) is 14.5. The summed E-state index contributed by atoms with van der Waals surface area (Å²) in [5.74, 6) is 1.05. The zero-order valence-corrected chi connectivity index (χ0v) is 13.4. The van der Waals surface area contributed by atoms with Crippen LogP contribution in [0.5, 0.6) is 0 Å². The summed E-state index contributed by atoms with van der Waals surface area (Å²) in [5, 5.41) is 3.48. The van der Waals surface area contributed by atoms with Gasteiger partial charge in [-0.05, 0) is 44.8 Å². The molecule has 0 saturated heterocycles. The fraction of sp³-hybridized carbons (Fsp3) is 0.538.